The van der Waals surface area contributed by atoms with Crippen molar-refractivity contribution in [1.29, 1.82) is 0 Å². The van der Waals surface area contributed by atoms with Gasteiger partial charge in [0, 0.05) is 53.2 Å². The van der Waals surface area contributed by atoms with E-state index in [1.165, 1.54) is 6.08 Å². The highest BCUT2D eigenvalue weighted by Crippen LogP contribution is 2.33. The Morgan fingerprint density at radius 3 is 2.97 bits per heavy atom. The van der Waals surface area contributed by atoms with Gasteiger partial charge in [-0.25, -0.2) is 9.97 Å². The Hall–Kier alpha value is -3.84. The molecule has 0 saturated carbocycles. The lowest BCUT2D eigenvalue weighted by molar-refractivity contribution is -0.111. The molecule has 1 unspecified atom stereocenters. The zero-order chi connectivity index (χ0) is 24.4. The molecule has 5 rings (SSSR count). The number of benzene rings is 2. The van der Waals surface area contributed by atoms with Gasteiger partial charge in [-0.2, -0.15) is 0 Å². The summed E-state index contributed by atoms with van der Waals surface area (Å²) in [6.07, 6.45) is 6.95. The fourth-order valence-electron chi connectivity index (χ4n) is 4.57. The lowest BCUT2D eigenvalue weighted by Gasteiger charge is -2.35. The van der Waals surface area contributed by atoms with Crippen molar-refractivity contribution in [3.63, 3.8) is 0 Å². The smallest absolute Gasteiger partial charge is 0.247 e. The highest BCUT2D eigenvalue weighted by molar-refractivity contribution is 6.33. The largest absolute Gasteiger partial charge is 0.369 e. The molecule has 0 aliphatic carbocycles. The quantitative estimate of drug-likeness (QED) is 0.300. The van der Waals surface area contributed by atoms with Crippen molar-refractivity contribution >= 4 is 45.7 Å². The molecule has 35 heavy (non-hydrogen) atoms. The lowest BCUT2D eigenvalue weighted by atomic mass is 10.0. The van der Waals surface area contributed by atoms with Crippen molar-refractivity contribution in [3.05, 3.63) is 78.1 Å². The van der Waals surface area contributed by atoms with Crippen LogP contribution in [0.4, 0.5) is 17.3 Å². The number of carbonyl (C=O) groups is 1. The van der Waals surface area contributed by atoms with Crippen LogP contribution in [0.5, 0.6) is 0 Å². The minimum Gasteiger partial charge on any atom is -0.369 e. The normalized spacial score (nSPS) is 15.7. The van der Waals surface area contributed by atoms with Gasteiger partial charge >= 0.3 is 0 Å². The van der Waals surface area contributed by atoms with Gasteiger partial charge in [0.05, 0.1) is 16.9 Å². The Morgan fingerprint density at radius 2 is 2.14 bits per heavy atom. The van der Waals surface area contributed by atoms with Crippen LogP contribution in [-0.2, 0) is 4.79 Å². The van der Waals surface area contributed by atoms with Gasteiger partial charge in [-0.05, 0) is 55.7 Å². The second-order valence-corrected chi connectivity index (χ2v) is 9.17. The van der Waals surface area contributed by atoms with Crippen LogP contribution in [0, 0.1) is 6.92 Å². The number of nitrogens with one attached hydrogen (secondary N) is 3. The summed E-state index contributed by atoms with van der Waals surface area (Å²) >= 11 is 6.50. The van der Waals surface area contributed by atoms with Gasteiger partial charge in [-0.3, -0.25) is 4.79 Å². The maximum absolute atomic E-state index is 11.7. The number of halogens is 1. The van der Waals surface area contributed by atoms with Crippen molar-refractivity contribution in [2.75, 3.05) is 28.6 Å². The zero-order valence-corrected chi connectivity index (χ0v) is 20.3. The predicted octanol–water partition coefficient (Wildman–Crippen LogP) is 5.79. The highest BCUT2D eigenvalue weighted by atomic mass is 35.5. The van der Waals surface area contributed by atoms with E-state index < -0.39 is 0 Å². The number of piperidine rings is 1. The van der Waals surface area contributed by atoms with E-state index in [1.54, 1.807) is 6.20 Å². The number of H-pyrrole nitrogens is 1. The molecule has 7 nitrogen and oxygen atoms in total. The Balaban J connectivity index is 1.32. The monoisotopic (exact) mass is 486 g/mol. The van der Waals surface area contributed by atoms with Crippen molar-refractivity contribution in [2.45, 2.75) is 25.8 Å². The first kappa shape index (κ1) is 22.9. The van der Waals surface area contributed by atoms with Crippen LogP contribution in [0.1, 0.15) is 18.4 Å². The van der Waals surface area contributed by atoms with Gasteiger partial charge in [0.25, 0.3) is 0 Å². The van der Waals surface area contributed by atoms with E-state index in [0.29, 0.717) is 16.7 Å². The number of aromatic nitrogens is 3. The Bertz CT molecular complexity index is 1400. The molecule has 3 N–H and O–H groups in total. The summed E-state index contributed by atoms with van der Waals surface area (Å²) in [6, 6.07) is 14.4. The molecule has 3 heterocycles. The number of aromatic amines is 1. The minimum atomic E-state index is -0.210. The van der Waals surface area contributed by atoms with E-state index in [2.05, 4.69) is 44.2 Å². The maximum Gasteiger partial charge on any atom is 0.247 e. The summed E-state index contributed by atoms with van der Waals surface area (Å²) in [4.78, 5) is 26.5. The molecule has 1 aliphatic heterocycles. The van der Waals surface area contributed by atoms with Crippen LogP contribution < -0.4 is 15.5 Å². The van der Waals surface area contributed by atoms with Crippen molar-refractivity contribution < 1.29 is 4.79 Å². The van der Waals surface area contributed by atoms with Gasteiger partial charge in [-0.15, -0.1) is 0 Å². The number of nitrogens with zero attached hydrogens (tertiary/aromatic N) is 3. The molecule has 0 bridgehead atoms. The van der Waals surface area contributed by atoms with Crippen LogP contribution >= 0.6 is 11.6 Å². The standard InChI is InChI=1S/C27H27ClN6O/c1-3-25(35)32-23-11-10-19(13-17(23)2)34-12-6-7-18(16-34)31-27-30-15-22(28)26(33-27)21-14-29-24-9-5-4-8-20(21)24/h3-5,8-11,13-15,18,29H,1,6-7,12,16H2,2H3,(H,32,35)(H,30,31,33). The number of para-hydroxylation sites is 1. The summed E-state index contributed by atoms with van der Waals surface area (Å²) in [5.74, 6) is 0.359. The fraction of sp³-hybridized carbons (Fsp3) is 0.222. The molecule has 1 atom stereocenters. The molecule has 2 aromatic heterocycles. The van der Waals surface area contributed by atoms with Gasteiger partial charge in [-0.1, -0.05) is 36.4 Å². The summed E-state index contributed by atoms with van der Waals surface area (Å²) in [6.45, 7) is 7.30. The van der Waals surface area contributed by atoms with Crippen LogP contribution in [0.2, 0.25) is 5.02 Å². The molecule has 2 aromatic carbocycles. The van der Waals surface area contributed by atoms with Crippen molar-refractivity contribution in [3.8, 4) is 11.3 Å². The molecule has 1 amide bonds. The zero-order valence-electron chi connectivity index (χ0n) is 19.5. The van der Waals surface area contributed by atoms with E-state index in [0.717, 1.165) is 59.3 Å². The number of amides is 1. The van der Waals surface area contributed by atoms with Gasteiger partial charge in [0.15, 0.2) is 0 Å². The fourth-order valence-corrected chi connectivity index (χ4v) is 4.77. The first-order valence-electron chi connectivity index (χ1n) is 11.7. The molecule has 178 valence electrons. The number of hydrogen-bond donors (Lipinski definition) is 3. The number of aryl methyl sites for hydroxylation is 1. The van der Waals surface area contributed by atoms with Crippen LogP contribution in [0.25, 0.3) is 22.2 Å². The maximum atomic E-state index is 11.7. The van der Waals surface area contributed by atoms with Gasteiger partial charge in [0.1, 0.15) is 0 Å². The van der Waals surface area contributed by atoms with E-state index in [9.17, 15) is 4.79 Å². The number of rotatable bonds is 6. The average Bonchev–Trinajstić information content (AvgIpc) is 3.30. The van der Waals surface area contributed by atoms with Gasteiger partial charge < -0.3 is 20.5 Å². The molecule has 1 saturated heterocycles. The van der Waals surface area contributed by atoms with E-state index in [4.69, 9.17) is 16.6 Å². The summed E-state index contributed by atoms with van der Waals surface area (Å²) < 4.78 is 0. The average molecular weight is 487 g/mol. The third-order valence-electron chi connectivity index (χ3n) is 6.36. The van der Waals surface area contributed by atoms with E-state index in [-0.39, 0.29) is 11.9 Å². The number of hydrogen-bond acceptors (Lipinski definition) is 5. The van der Waals surface area contributed by atoms with Crippen LogP contribution in [0.3, 0.4) is 0 Å². The number of carbonyl (C=O) groups excluding carboxylic acids is 1. The first-order chi connectivity index (χ1) is 17.0. The summed E-state index contributed by atoms with van der Waals surface area (Å²) in [5, 5.41) is 7.96. The third kappa shape index (κ3) is 4.86. The molecule has 4 aromatic rings. The molecule has 1 aliphatic rings. The lowest BCUT2D eigenvalue weighted by Crippen LogP contribution is -2.42. The molecular formula is C27H27ClN6O. The second kappa shape index (κ2) is 9.80. The minimum absolute atomic E-state index is 0.196. The molecular weight excluding hydrogens is 460 g/mol. The number of fused-ring (bicyclic) bond motifs is 1. The van der Waals surface area contributed by atoms with E-state index in [1.807, 2.05) is 43.5 Å². The molecule has 0 spiro atoms. The summed E-state index contributed by atoms with van der Waals surface area (Å²) in [5.41, 5.74) is 5.64. The van der Waals surface area contributed by atoms with E-state index >= 15 is 0 Å². The summed E-state index contributed by atoms with van der Waals surface area (Å²) in [7, 11) is 0. The SMILES string of the molecule is C=CC(=O)Nc1ccc(N2CCCC(Nc3ncc(Cl)c(-c4c[nH]c5ccccc45)n3)C2)cc1C. The van der Waals surface area contributed by atoms with Crippen molar-refractivity contribution in [1.82, 2.24) is 15.0 Å². The highest BCUT2D eigenvalue weighted by Gasteiger charge is 2.22. The topological polar surface area (TPSA) is 85.9 Å². The predicted molar refractivity (Wildman–Crippen MR) is 143 cm³/mol. The number of anilines is 3. The Kier molecular flexibility index (Phi) is 6.42. The second-order valence-electron chi connectivity index (χ2n) is 8.76. The van der Waals surface area contributed by atoms with Crippen LogP contribution in [-0.4, -0.2) is 40.0 Å². The van der Waals surface area contributed by atoms with Crippen molar-refractivity contribution in [2.24, 2.45) is 0 Å². The van der Waals surface area contributed by atoms with Gasteiger partial charge in [0.2, 0.25) is 11.9 Å². The third-order valence-corrected chi connectivity index (χ3v) is 6.64. The molecule has 1 fully saturated rings. The Labute approximate surface area is 209 Å². The first-order valence-corrected chi connectivity index (χ1v) is 12.0. The Morgan fingerprint density at radius 1 is 1.29 bits per heavy atom. The molecule has 0 radical (unpaired) electrons. The molecule has 8 heteroatoms. The van der Waals surface area contributed by atoms with Crippen LogP contribution in [0.15, 0.2) is 67.5 Å².